The molecule has 1 saturated carbocycles. The van der Waals surface area contributed by atoms with E-state index in [-0.39, 0.29) is 0 Å². The molecule has 32 heavy (non-hydrogen) atoms. The first-order valence-corrected chi connectivity index (χ1v) is 10.9. The summed E-state index contributed by atoms with van der Waals surface area (Å²) < 4.78 is 13.5. The Morgan fingerprint density at radius 1 is 1.16 bits per heavy atom. The van der Waals surface area contributed by atoms with Gasteiger partial charge in [0.25, 0.3) is 0 Å². The number of pyridine rings is 1. The van der Waals surface area contributed by atoms with Crippen LogP contribution in [0, 0.1) is 0 Å². The van der Waals surface area contributed by atoms with E-state index in [1.165, 1.54) is 19.3 Å². The van der Waals surface area contributed by atoms with Gasteiger partial charge in [-0.2, -0.15) is 5.10 Å². The molecule has 0 amide bonds. The van der Waals surface area contributed by atoms with Gasteiger partial charge in [-0.15, -0.1) is 0 Å². The van der Waals surface area contributed by atoms with Gasteiger partial charge in [0.2, 0.25) is 5.88 Å². The van der Waals surface area contributed by atoms with E-state index in [4.69, 9.17) is 15.2 Å². The quantitative estimate of drug-likeness (QED) is 0.526. The van der Waals surface area contributed by atoms with Crippen molar-refractivity contribution < 1.29 is 9.47 Å². The summed E-state index contributed by atoms with van der Waals surface area (Å²) in [7, 11) is 1.89. The molecule has 0 radical (unpaired) electrons. The van der Waals surface area contributed by atoms with Crippen LogP contribution in [-0.2, 0) is 7.05 Å². The molecule has 3 heterocycles. The minimum Gasteiger partial charge on any atom is -0.491 e. The molecular formula is C23H27N7O2. The molecule has 0 bridgehead atoms. The Labute approximate surface area is 186 Å². The molecule has 9 nitrogen and oxygen atoms in total. The van der Waals surface area contributed by atoms with Crippen LogP contribution in [0.25, 0.3) is 0 Å². The molecule has 1 unspecified atom stereocenters. The standard InChI is InChI=1S/C23H27N7O2/c1-29-22(9-10-28-29)30-15-27-23(24)19-13-17(5-7-20(19)30)32-21-8-6-18(14-26-21)31-12-11-25-16-3-2-4-16/h5-10,13-16,23,25H,2-4,11-12,24H2,1H3. The Hall–Kier alpha value is -3.43. The van der Waals surface area contributed by atoms with Crippen molar-refractivity contribution in [1.82, 2.24) is 20.1 Å². The molecule has 0 saturated heterocycles. The lowest BCUT2D eigenvalue weighted by atomic mass is 9.93. The normalized spacial score (nSPS) is 17.7. The van der Waals surface area contributed by atoms with E-state index in [0.29, 0.717) is 24.3 Å². The molecular weight excluding hydrogens is 406 g/mol. The molecule has 5 rings (SSSR count). The average Bonchev–Trinajstić information content (AvgIpc) is 3.20. The molecule has 0 spiro atoms. The maximum Gasteiger partial charge on any atom is 0.219 e. The molecule has 166 valence electrons. The fraction of sp³-hybridized carbons (Fsp3) is 0.348. The number of fused-ring (bicyclic) bond motifs is 1. The topological polar surface area (TPSA) is 103 Å². The Bertz CT molecular complexity index is 1090. The zero-order valence-electron chi connectivity index (χ0n) is 18.0. The largest absolute Gasteiger partial charge is 0.491 e. The van der Waals surface area contributed by atoms with Gasteiger partial charge in [-0.05, 0) is 37.1 Å². The van der Waals surface area contributed by atoms with Crippen LogP contribution in [0.1, 0.15) is 31.0 Å². The van der Waals surface area contributed by atoms with Crippen molar-refractivity contribution >= 4 is 17.8 Å². The number of nitrogens with zero attached hydrogens (tertiary/aromatic N) is 5. The number of nitrogens with one attached hydrogen (secondary N) is 1. The van der Waals surface area contributed by atoms with E-state index >= 15 is 0 Å². The summed E-state index contributed by atoms with van der Waals surface area (Å²) in [5, 5.41) is 7.72. The van der Waals surface area contributed by atoms with E-state index in [1.54, 1.807) is 29.5 Å². The number of benzene rings is 1. The number of aromatic nitrogens is 3. The molecule has 9 heteroatoms. The zero-order valence-corrected chi connectivity index (χ0v) is 18.0. The Morgan fingerprint density at radius 3 is 2.75 bits per heavy atom. The first-order chi connectivity index (χ1) is 15.7. The smallest absolute Gasteiger partial charge is 0.219 e. The van der Waals surface area contributed by atoms with Crippen molar-refractivity contribution in [1.29, 1.82) is 0 Å². The van der Waals surface area contributed by atoms with Gasteiger partial charge in [-0.25, -0.2) is 4.98 Å². The van der Waals surface area contributed by atoms with Crippen LogP contribution in [0.3, 0.4) is 0 Å². The molecule has 3 N–H and O–H groups in total. The van der Waals surface area contributed by atoms with E-state index in [0.717, 1.165) is 29.4 Å². The first kappa shape index (κ1) is 20.5. The Morgan fingerprint density at radius 2 is 2.03 bits per heavy atom. The number of aryl methyl sites for hydroxylation is 1. The second-order valence-electron chi connectivity index (χ2n) is 7.98. The monoisotopic (exact) mass is 433 g/mol. The Balaban J connectivity index is 1.23. The number of ether oxygens (including phenoxy) is 2. The highest BCUT2D eigenvalue weighted by Crippen LogP contribution is 2.37. The summed E-state index contributed by atoms with van der Waals surface area (Å²) in [6.45, 7) is 1.46. The summed E-state index contributed by atoms with van der Waals surface area (Å²) in [5.74, 6) is 2.76. The van der Waals surface area contributed by atoms with Crippen molar-refractivity contribution in [2.75, 3.05) is 18.1 Å². The summed E-state index contributed by atoms with van der Waals surface area (Å²) in [6.07, 6.45) is 8.57. The molecule has 1 atom stereocenters. The van der Waals surface area contributed by atoms with Crippen LogP contribution in [0.15, 0.2) is 53.8 Å². The average molecular weight is 434 g/mol. The van der Waals surface area contributed by atoms with Crippen molar-refractivity contribution in [3.8, 4) is 17.4 Å². The van der Waals surface area contributed by atoms with Crippen LogP contribution >= 0.6 is 0 Å². The van der Waals surface area contributed by atoms with Crippen LogP contribution < -0.4 is 25.4 Å². The molecule has 1 aromatic carbocycles. The third-order valence-corrected chi connectivity index (χ3v) is 5.80. The van der Waals surface area contributed by atoms with Crippen LogP contribution in [-0.4, -0.2) is 40.3 Å². The van der Waals surface area contributed by atoms with Gasteiger partial charge in [0.05, 0.1) is 24.4 Å². The number of anilines is 2. The van der Waals surface area contributed by atoms with Gasteiger partial charge in [-0.1, -0.05) is 6.42 Å². The van der Waals surface area contributed by atoms with E-state index in [9.17, 15) is 0 Å². The molecule has 1 aliphatic heterocycles. The van der Waals surface area contributed by atoms with Crippen LogP contribution in [0.4, 0.5) is 11.5 Å². The number of aliphatic imine (C=N–C) groups is 1. The minimum absolute atomic E-state index is 0.463. The second-order valence-corrected chi connectivity index (χ2v) is 7.98. The predicted octanol–water partition coefficient (Wildman–Crippen LogP) is 3.27. The van der Waals surface area contributed by atoms with Crippen molar-refractivity contribution in [2.45, 2.75) is 31.5 Å². The summed E-state index contributed by atoms with van der Waals surface area (Å²) in [6, 6.07) is 12.0. The van der Waals surface area contributed by atoms with E-state index in [2.05, 4.69) is 20.4 Å². The molecule has 1 aliphatic carbocycles. The molecule has 1 fully saturated rings. The van der Waals surface area contributed by atoms with Crippen LogP contribution in [0.5, 0.6) is 17.4 Å². The lowest BCUT2D eigenvalue weighted by Crippen LogP contribution is -2.37. The lowest BCUT2D eigenvalue weighted by molar-refractivity contribution is 0.275. The highest BCUT2D eigenvalue weighted by Gasteiger charge is 2.23. The predicted molar refractivity (Wildman–Crippen MR) is 123 cm³/mol. The fourth-order valence-corrected chi connectivity index (χ4v) is 3.80. The maximum absolute atomic E-state index is 6.23. The van der Waals surface area contributed by atoms with E-state index < -0.39 is 6.17 Å². The summed E-state index contributed by atoms with van der Waals surface area (Å²) >= 11 is 0. The maximum atomic E-state index is 6.23. The fourth-order valence-electron chi connectivity index (χ4n) is 3.80. The molecule has 2 aliphatic rings. The lowest BCUT2D eigenvalue weighted by Gasteiger charge is -2.28. The van der Waals surface area contributed by atoms with Crippen molar-refractivity contribution in [3.63, 3.8) is 0 Å². The molecule has 3 aromatic rings. The van der Waals surface area contributed by atoms with Gasteiger partial charge in [0.1, 0.15) is 30.1 Å². The van der Waals surface area contributed by atoms with Gasteiger partial charge in [-0.3, -0.25) is 14.6 Å². The second kappa shape index (κ2) is 8.97. The minimum atomic E-state index is -0.463. The van der Waals surface area contributed by atoms with Gasteiger partial charge in [0, 0.05) is 37.3 Å². The highest BCUT2D eigenvalue weighted by molar-refractivity contribution is 5.91. The van der Waals surface area contributed by atoms with Crippen LogP contribution in [0.2, 0.25) is 0 Å². The van der Waals surface area contributed by atoms with Gasteiger partial charge < -0.3 is 20.5 Å². The third-order valence-electron chi connectivity index (χ3n) is 5.80. The van der Waals surface area contributed by atoms with Gasteiger partial charge >= 0.3 is 0 Å². The van der Waals surface area contributed by atoms with Crippen molar-refractivity contribution in [2.24, 2.45) is 17.8 Å². The number of hydrogen-bond acceptors (Lipinski definition) is 8. The Kier molecular flexibility index (Phi) is 5.74. The zero-order chi connectivity index (χ0) is 21.9. The number of nitrogens with two attached hydrogens (primary N) is 1. The molecule has 2 aromatic heterocycles. The summed E-state index contributed by atoms with van der Waals surface area (Å²) in [4.78, 5) is 10.7. The number of rotatable bonds is 8. The SMILES string of the molecule is Cn1nccc1N1C=NC(N)c2cc(Oc3ccc(OCCNC4CCC4)cn3)ccc21. The van der Waals surface area contributed by atoms with E-state index in [1.807, 2.05) is 42.3 Å². The third kappa shape index (κ3) is 4.30. The summed E-state index contributed by atoms with van der Waals surface area (Å²) in [5.41, 5.74) is 8.04. The van der Waals surface area contributed by atoms with Crippen molar-refractivity contribution in [3.05, 3.63) is 54.4 Å². The first-order valence-electron chi connectivity index (χ1n) is 10.9. The highest BCUT2D eigenvalue weighted by atomic mass is 16.5. The number of hydrogen-bond donors (Lipinski definition) is 2. The van der Waals surface area contributed by atoms with Gasteiger partial charge in [0.15, 0.2) is 0 Å².